The van der Waals surface area contributed by atoms with E-state index >= 15 is 0 Å². The van der Waals surface area contributed by atoms with Crippen molar-refractivity contribution in [3.05, 3.63) is 64.8 Å². The molecule has 0 spiro atoms. The molecule has 26 heavy (non-hydrogen) atoms. The first-order valence-electron chi connectivity index (χ1n) is 7.86. The van der Waals surface area contributed by atoms with Crippen LogP contribution in [0, 0.1) is 24.1 Å². The standard InChI is InChI=1S/C19H13ClFN5/c1-11-18(20)26(15-5-6-17-14(7-15)10-25(2)24-17)19(23-11)12-3-4-13(9-22)16(21)8-12/h3-8,10H,1-2H3. The van der Waals surface area contributed by atoms with Crippen molar-refractivity contribution in [3.8, 4) is 23.1 Å². The van der Waals surface area contributed by atoms with Crippen LogP contribution >= 0.6 is 11.6 Å². The summed E-state index contributed by atoms with van der Waals surface area (Å²) in [6.07, 6.45) is 1.91. The molecule has 0 saturated heterocycles. The molecule has 4 rings (SSSR count). The smallest absolute Gasteiger partial charge is 0.146 e. The Morgan fingerprint density at radius 1 is 1.19 bits per heavy atom. The van der Waals surface area contributed by atoms with Gasteiger partial charge in [0.05, 0.1) is 16.8 Å². The van der Waals surface area contributed by atoms with E-state index in [0.717, 1.165) is 16.6 Å². The molecule has 4 aromatic rings. The third-order valence-electron chi connectivity index (χ3n) is 4.19. The van der Waals surface area contributed by atoms with Crippen LogP contribution in [-0.4, -0.2) is 19.3 Å². The summed E-state index contributed by atoms with van der Waals surface area (Å²) in [5.41, 5.74) is 2.85. The van der Waals surface area contributed by atoms with Crippen molar-refractivity contribution in [2.45, 2.75) is 6.92 Å². The predicted molar refractivity (Wildman–Crippen MR) is 97.7 cm³/mol. The van der Waals surface area contributed by atoms with Gasteiger partial charge in [-0.15, -0.1) is 0 Å². The number of imidazole rings is 1. The maximum Gasteiger partial charge on any atom is 0.146 e. The van der Waals surface area contributed by atoms with E-state index in [9.17, 15) is 4.39 Å². The molecule has 128 valence electrons. The fraction of sp³-hybridized carbons (Fsp3) is 0.105. The van der Waals surface area contributed by atoms with Crippen LogP contribution in [0.1, 0.15) is 11.3 Å². The van der Waals surface area contributed by atoms with Crippen LogP contribution in [0.2, 0.25) is 5.15 Å². The third-order valence-corrected chi connectivity index (χ3v) is 4.63. The van der Waals surface area contributed by atoms with Gasteiger partial charge in [-0.05, 0) is 43.3 Å². The molecule has 2 heterocycles. The molecular formula is C19H13ClFN5. The number of halogens is 2. The van der Waals surface area contributed by atoms with Gasteiger partial charge in [-0.25, -0.2) is 9.37 Å². The molecule has 0 amide bonds. The number of benzene rings is 2. The lowest BCUT2D eigenvalue weighted by Crippen LogP contribution is -1.98. The predicted octanol–water partition coefficient (Wildman–Crippen LogP) is 4.40. The summed E-state index contributed by atoms with van der Waals surface area (Å²) in [4.78, 5) is 4.50. The fourth-order valence-electron chi connectivity index (χ4n) is 2.96. The van der Waals surface area contributed by atoms with E-state index in [-0.39, 0.29) is 5.56 Å². The minimum Gasteiger partial charge on any atom is -0.283 e. The first kappa shape index (κ1) is 16.3. The molecule has 2 aromatic carbocycles. The molecule has 7 heteroatoms. The molecule has 0 atom stereocenters. The highest BCUT2D eigenvalue weighted by Crippen LogP contribution is 2.31. The molecule has 0 aliphatic rings. The van der Waals surface area contributed by atoms with Gasteiger partial charge < -0.3 is 0 Å². The second-order valence-corrected chi connectivity index (χ2v) is 6.36. The fourth-order valence-corrected chi connectivity index (χ4v) is 3.18. The SMILES string of the molecule is Cc1nc(-c2ccc(C#N)c(F)c2)n(-c2ccc3nn(C)cc3c2)c1Cl. The molecule has 0 saturated carbocycles. The zero-order chi connectivity index (χ0) is 18.4. The quantitative estimate of drug-likeness (QED) is 0.529. The average molecular weight is 366 g/mol. The van der Waals surface area contributed by atoms with Gasteiger partial charge in [0, 0.05) is 29.9 Å². The largest absolute Gasteiger partial charge is 0.283 e. The molecule has 2 aromatic heterocycles. The van der Waals surface area contributed by atoms with E-state index in [4.69, 9.17) is 16.9 Å². The van der Waals surface area contributed by atoms with Crippen molar-refractivity contribution in [1.82, 2.24) is 19.3 Å². The lowest BCUT2D eigenvalue weighted by Gasteiger charge is -2.10. The monoisotopic (exact) mass is 365 g/mol. The molecule has 0 aliphatic carbocycles. The van der Waals surface area contributed by atoms with Crippen LogP contribution < -0.4 is 0 Å². The van der Waals surface area contributed by atoms with Gasteiger partial charge in [0.1, 0.15) is 22.9 Å². The second kappa shape index (κ2) is 5.97. The average Bonchev–Trinajstić information content (AvgIpc) is 3.13. The summed E-state index contributed by atoms with van der Waals surface area (Å²) in [6, 6.07) is 12.0. The Kier molecular flexibility index (Phi) is 3.74. The Balaban J connectivity index is 1.93. The van der Waals surface area contributed by atoms with Gasteiger partial charge >= 0.3 is 0 Å². The normalized spacial score (nSPS) is 11.0. The van der Waals surface area contributed by atoms with E-state index in [1.165, 1.54) is 12.1 Å². The number of aromatic nitrogens is 4. The first-order valence-corrected chi connectivity index (χ1v) is 8.24. The minimum absolute atomic E-state index is 0.00791. The number of nitrogens with zero attached hydrogens (tertiary/aromatic N) is 5. The molecule has 0 fully saturated rings. The Bertz CT molecular complexity index is 1200. The van der Waals surface area contributed by atoms with Crippen LogP contribution in [0.25, 0.3) is 28.0 Å². The minimum atomic E-state index is -0.587. The number of hydrogen-bond donors (Lipinski definition) is 0. The van der Waals surface area contributed by atoms with Gasteiger partial charge in [0.15, 0.2) is 0 Å². The Morgan fingerprint density at radius 2 is 2.00 bits per heavy atom. The number of fused-ring (bicyclic) bond motifs is 1. The third kappa shape index (κ3) is 2.54. The van der Waals surface area contributed by atoms with Crippen molar-refractivity contribution in [1.29, 1.82) is 5.26 Å². The lowest BCUT2D eigenvalue weighted by molar-refractivity contribution is 0.624. The number of aryl methyl sites for hydroxylation is 2. The Hall–Kier alpha value is -3.17. The summed E-state index contributed by atoms with van der Waals surface area (Å²) in [6.45, 7) is 1.80. The highest BCUT2D eigenvalue weighted by atomic mass is 35.5. The second-order valence-electron chi connectivity index (χ2n) is 6.00. The van der Waals surface area contributed by atoms with Gasteiger partial charge in [0.25, 0.3) is 0 Å². The topological polar surface area (TPSA) is 59.4 Å². The maximum absolute atomic E-state index is 14.1. The molecule has 5 nitrogen and oxygen atoms in total. The Labute approximate surface area is 153 Å². The molecule has 0 bridgehead atoms. The van der Waals surface area contributed by atoms with Crippen LogP contribution in [0.4, 0.5) is 4.39 Å². The number of hydrogen-bond acceptors (Lipinski definition) is 3. The van der Waals surface area contributed by atoms with Crippen LogP contribution in [0.3, 0.4) is 0 Å². The summed E-state index contributed by atoms with van der Waals surface area (Å²) < 4.78 is 17.6. The number of rotatable bonds is 2. The van der Waals surface area contributed by atoms with E-state index in [2.05, 4.69) is 10.1 Å². The Morgan fingerprint density at radius 3 is 2.73 bits per heavy atom. The molecule has 0 N–H and O–H groups in total. The molecular weight excluding hydrogens is 353 g/mol. The zero-order valence-corrected chi connectivity index (χ0v) is 14.8. The van der Waals surface area contributed by atoms with Crippen molar-refractivity contribution < 1.29 is 4.39 Å². The van der Waals surface area contributed by atoms with Crippen molar-refractivity contribution >= 4 is 22.5 Å². The van der Waals surface area contributed by atoms with Gasteiger partial charge in [0.2, 0.25) is 0 Å². The summed E-state index contributed by atoms with van der Waals surface area (Å²) >= 11 is 6.49. The van der Waals surface area contributed by atoms with Crippen LogP contribution in [-0.2, 0) is 7.05 Å². The zero-order valence-electron chi connectivity index (χ0n) is 14.0. The lowest BCUT2D eigenvalue weighted by atomic mass is 10.1. The molecule has 0 radical (unpaired) electrons. The van der Waals surface area contributed by atoms with Crippen molar-refractivity contribution in [3.63, 3.8) is 0 Å². The highest BCUT2D eigenvalue weighted by Gasteiger charge is 2.18. The first-order chi connectivity index (χ1) is 12.5. The van der Waals surface area contributed by atoms with Crippen molar-refractivity contribution in [2.75, 3.05) is 0 Å². The van der Waals surface area contributed by atoms with E-state index in [0.29, 0.717) is 22.2 Å². The highest BCUT2D eigenvalue weighted by molar-refractivity contribution is 6.30. The van der Waals surface area contributed by atoms with Crippen molar-refractivity contribution in [2.24, 2.45) is 7.05 Å². The summed E-state index contributed by atoms with van der Waals surface area (Å²) in [5.74, 6) is -0.0739. The van der Waals surface area contributed by atoms with Gasteiger partial charge in [-0.3, -0.25) is 9.25 Å². The van der Waals surface area contributed by atoms with Crippen LogP contribution in [0.15, 0.2) is 42.6 Å². The van der Waals surface area contributed by atoms with E-state index < -0.39 is 5.82 Å². The van der Waals surface area contributed by atoms with E-state index in [1.807, 2.05) is 37.5 Å². The molecule has 0 aliphatic heterocycles. The maximum atomic E-state index is 14.1. The van der Waals surface area contributed by atoms with Gasteiger partial charge in [-0.1, -0.05) is 11.6 Å². The van der Waals surface area contributed by atoms with Gasteiger partial charge in [-0.2, -0.15) is 10.4 Å². The summed E-state index contributed by atoms with van der Waals surface area (Å²) in [7, 11) is 1.86. The van der Waals surface area contributed by atoms with E-state index in [1.54, 1.807) is 22.2 Å². The number of nitriles is 1. The van der Waals surface area contributed by atoms with Crippen LogP contribution in [0.5, 0.6) is 0 Å². The molecule has 0 unspecified atom stereocenters. The summed E-state index contributed by atoms with van der Waals surface area (Å²) in [5, 5.41) is 14.7.